The van der Waals surface area contributed by atoms with Gasteiger partial charge in [-0.3, -0.25) is 0 Å². The van der Waals surface area contributed by atoms with Crippen molar-refractivity contribution in [1.29, 1.82) is 0 Å². The molecule has 0 atom stereocenters. The molecule has 0 aromatic heterocycles. The Morgan fingerprint density at radius 1 is 0.913 bits per heavy atom. The van der Waals surface area contributed by atoms with Gasteiger partial charge in [-0.25, -0.2) is 27.1 Å². The molecule has 0 saturated carbocycles. The van der Waals surface area contributed by atoms with Crippen LogP contribution in [0.3, 0.4) is 0 Å². The summed E-state index contributed by atoms with van der Waals surface area (Å²) in [6, 6.07) is 11.2. The lowest BCUT2D eigenvalue weighted by atomic mass is 10.2. The van der Waals surface area contributed by atoms with E-state index in [0.29, 0.717) is 6.54 Å². The third-order valence-electron chi connectivity index (χ3n) is 2.97. The molecule has 5 N–H and O–H groups in total. The van der Waals surface area contributed by atoms with Gasteiger partial charge < -0.3 is 5.32 Å². The molecule has 2 rings (SSSR count). The first-order valence-electron chi connectivity index (χ1n) is 6.26. The Bertz CT molecular complexity index is 929. The van der Waals surface area contributed by atoms with E-state index < -0.39 is 29.8 Å². The SMILES string of the molecule is NS(=O)(=O)c1cc(S(N)(=O)=O)c(NCc2ccccc2)cc1Cl. The van der Waals surface area contributed by atoms with Gasteiger partial charge in [-0.2, -0.15) is 0 Å². The fraction of sp³-hybridized carbons (Fsp3) is 0.0769. The van der Waals surface area contributed by atoms with E-state index in [1.807, 2.05) is 30.3 Å². The van der Waals surface area contributed by atoms with Crippen LogP contribution < -0.4 is 15.6 Å². The highest BCUT2D eigenvalue weighted by atomic mass is 35.5. The van der Waals surface area contributed by atoms with Gasteiger partial charge in [-0.15, -0.1) is 0 Å². The van der Waals surface area contributed by atoms with E-state index in [2.05, 4.69) is 5.32 Å². The van der Waals surface area contributed by atoms with Gasteiger partial charge in [-0.05, 0) is 17.7 Å². The van der Waals surface area contributed by atoms with Gasteiger partial charge >= 0.3 is 0 Å². The van der Waals surface area contributed by atoms with Crippen LogP contribution in [-0.2, 0) is 26.6 Å². The minimum absolute atomic E-state index is 0.0914. The summed E-state index contributed by atoms with van der Waals surface area (Å²) in [5.74, 6) is 0. The van der Waals surface area contributed by atoms with Crippen LogP contribution >= 0.6 is 11.6 Å². The number of sulfonamides is 2. The molecule has 2 aromatic carbocycles. The maximum absolute atomic E-state index is 11.7. The zero-order valence-corrected chi connectivity index (χ0v) is 14.1. The summed E-state index contributed by atoms with van der Waals surface area (Å²) >= 11 is 5.88. The van der Waals surface area contributed by atoms with E-state index in [9.17, 15) is 16.8 Å². The van der Waals surface area contributed by atoms with Crippen molar-refractivity contribution >= 4 is 37.3 Å². The number of nitrogens with two attached hydrogens (primary N) is 2. The van der Waals surface area contributed by atoms with Gasteiger partial charge in [0.25, 0.3) is 0 Å². The number of benzene rings is 2. The van der Waals surface area contributed by atoms with Crippen LogP contribution in [0.5, 0.6) is 0 Å². The van der Waals surface area contributed by atoms with Gasteiger partial charge in [0, 0.05) is 6.54 Å². The van der Waals surface area contributed by atoms with Gasteiger partial charge in [0.1, 0.15) is 9.79 Å². The molecule has 124 valence electrons. The first kappa shape index (κ1) is 17.7. The van der Waals surface area contributed by atoms with E-state index >= 15 is 0 Å². The minimum Gasteiger partial charge on any atom is -0.380 e. The maximum Gasteiger partial charge on any atom is 0.240 e. The van der Waals surface area contributed by atoms with E-state index in [1.165, 1.54) is 6.07 Å². The summed E-state index contributed by atoms with van der Waals surface area (Å²) in [6.45, 7) is 0.300. The fourth-order valence-electron chi connectivity index (χ4n) is 1.92. The lowest BCUT2D eigenvalue weighted by Gasteiger charge is -2.13. The van der Waals surface area contributed by atoms with Crippen molar-refractivity contribution < 1.29 is 16.8 Å². The molecule has 0 saturated heterocycles. The van der Waals surface area contributed by atoms with E-state index in [-0.39, 0.29) is 10.7 Å². The van der Waals surface area contributed by atoms with Crippen LogP contribution in [0.25, 0.3) is 0 Å². The van der Waals surface area contributed by atoms with Crippen LogP contribution in [0.2, 0.25) is 5.02 Å². The largest absolute Gasteiger partial charge is 0.380 e. The van der Waals surface area contributed by atoms with Crippen molar-refractivity contribution in [2.45, 2.75) is 16.3 Å². The number of hydrogen-bond donors (Lipinski definition) is 3. The highest BCUT2D eigenvalue weighted by molar-refractivity contribution is 7.90. The highest BCUT2D eigenvalue weighted by Gasteiger charge is 2.22. The second kappa shape index (κ2) is 6.46. The van der Waals surface area contributed by atoms with Crippen molar-refractivity contribution in [3.05, 3.63) is 53.1 Å². The molecule has 0 fully saturated rings. The molecule has 7 nitrogen and oxygen atoms in total. The Hall–Kier alpha value is -1.65. The fourth-order valence-corrected chi connectivity index (χ4v) is 3.81. The summed E-state index contributed by atoms with van der Waals surface area (Å²) in [5.41, 5.74) is 0.980. The van der Waals surface area contributed by atoms with Crippen molar-refractivity contribution in [2.24, 2.45) is 10.3 Å². The molecule has 23 heavy (non-hydrogen) atoms. The third kappa shape index (κ3) is 4.43. The van der Waals surface area contributed by atoms with E-state index in [4.69, 9.17) is 21.9 Å². The van der Waals surface area contributed by atoms with Crippen LogP contribution in [-0.4, -0.2) is 16.8 Å². The highest BCUT2D eigenvalue weighted by Crippen LogP contribution is 2.30. The average molecular weight is 376 g/mol. The summed E-state index contributed by atoms with van der Waals surface area (Å²) in [4.78, 5) is -0.907. The Morgan fingerprint density at radius 3 is 2.00 bits per heavy atom. The Balaban J connectivity index is 2.48. The number of nitrogens with one attached hydrogen (secondary N) is 1. The first-order chi connectivity index (χ1) is 10.6. The molecule has 0 radical (unpaired) electrons. The summed E-state index contributed by atoms with van der Waals surface area (Å²) in [7, 11) is -8.36. The standard InChI is InChI=1S/C13H14ClN3O4S2/c14-10-6-11(17-8-9-4-2-1-3-5-9)13(23(16,20)21)7-12(10)22(15,18)19/h1-7,17H,8H2,(H2,15,18,19)(H2,16,20,21). The Morgan fingerprint density at radius 2 is 1.48 bits per heavy atom. The van der Waals surface area contributed by atoms with Crippen molar-refractivity contribution in [3.8, 4) is 0 Å². The molecule has 2 aromatic rings. The van der Waals surface area contributed by atoms with E-state index in [1.54, 1.807) is 0 Å². The average Bonchev–Trinajstić information content (AvgIpc) is 2.43. The topological polar surface area (TPSA) is 132 Å². The predicted molar refractivity (Wildman–Crippen MR) is 88.0 cm³/mol. The second-order valence-electron chi connectivity index (χ2n) is 4.71. The molecule has 0 bridgehead atoms. The minimum atomic E-state index is -4.18. The number of hydrogen-bond acceptors (Lipinski definition) is 5. The second-order valence-corrected chi connectivity index (χ2v) is 8.17. The zero-order valence-electron chi connectivity index (χ0n) is 11.7. The number of primary sulfonamides is 2. The molecule has 0 spiro atoms. The number of halogens is 1. The first-order valence-corrected chi connectivity index (χ1v) is 9.73. The van der Waals surface area contributed by atoms with Gasteiger partial charge in [0.15, 0.2) is 0 Å². The molecule has 0 unspecified atom stereocenters. The Kier molecular flexibility index (Phi) is 4.97. The van der Waals surface area contributed by atoms with Gasteiger partial charge in [-0.1, -0.05) is 41.9 Å². The van der Waals surface area contributed by atoms with Crippen LogP contribution in [0.15, 0.2) is 52.3 Å². The van der Waals surface area contributed by atoms with Crippen LogP contribution in [0.4, 0.5) is 5.69 Å². The molecular weight excluding hydrogens is 362 g/mol. The van der Waals surface area contributed by atoms with Crippen molar-refractivity contribution in [1.82, 2.24) is 0 Å². The summed E-state index contributed by atoms with van der Waals surface area (Å²) < 4.78 is 46.4. The maximum atomic E-state index is 11.7. The zero-order chi connectivity index (χ0) is 17.3. The third-order valence-corrected chi connectivity index (χ3v) is 5.30. The number of anilines is 1. The number of rotatable bonds is 5. The summed E-state index contributed by atoms with van der Waals surface area (Å²) in [5, 5.41) is 12.8. The smallest absolute Gasteiger partial charge is 0.240 e. The van der Waals surface area contributed by atoms with Crippen molar-refractivity contribution in [2.75, 3.05) is 5.32 Å². The molecule has 0 amide bonds. The monoisotopic (exact) mass is 375 g/mol. The van der Waals surface area contributed by atoms with Crippen LogP contribution in [0, 0.1) is 0 Å². The van der Waals surface area contributed by atoms with Crippen molar-refractivity contribution in [3.63, 3.8) is 0 Å². The van der Waals surface area contributed by atoms with Gasteiger partial charge in [0.2, 0.25) is 20.0 Å². The quantitative estimate of drug-likeness (QED) is 0.723. The predicted octanol–water partition coefficient (Wildman–Crippen LogP) is 1.25. The van der Waals surface area contributed by atoms with Gasteiger partial charge in [0.05, 0.1) is 10.7 Å². The summed E-state index contributed by atoms with van der Waals surface area (Å²) in [6.07, 6.45) is 0. The normalized spacial score (nSPS) is 12.1. The Labute approximate surface area is 139 Å². The molecule has 0 aliphatic carbocycles. The molecule has 0 aliphatic rings. The lowest BCUT2D eigenvalue weighted by molar-refractivity contribution is 0.596. The van der Waals surface area contributed by atoms with Crippen LogP contribution in [0.1, 0.15) is 5.56 Å². The molecule has 10 heteroatoms. The molecule has 0 heterocycles. The lowest BCUT2D eigenvalue weighted by Crippen LogP contribution is -2.18. The molecular formula is C13H14ClN3O4S2. The molecule has 0 aliphatic heterocycles. The van der Waals surface area contributed by atoms with E-state index in [0.717, 1.165) is 11.6 Å².